The predicted molar refractivity (Wildman–Crippen MR) is 105 cm³/mol. The number of esters is 1. The monoisotopic (exact) mass is 373 g/mol. The van der Waals surface area contributed by atoms with Gasteiger partial charge in [0.25, 0.3) is 0 Å². The van der Waals surface area contributed by atoms with Crippen molar-refractivity contribution in [2.24, 2.45) is 0 Å². The van der Waals surface area contributed by atoms with Crippen LogP contribution in [0.25, 0.3) is 0 Å². The van der Waals surface area contributed by atoms with Crippen LogP contribution in [-0.4, -0.2) is 79.0 Å². The minimum Gasteiger partial charge on any atom is -0.465 e. The molecule has 0 bridgehead atoms. The topological polar surface area (TPSA) is 53.1 Å². The number of rotatable bonds is 5. The Morgan fingerprint density at radius 2 is 1.67 bits per heavy atom. The van der Waals surface area contributed by atoms with Crippen LogP contribution in [0.3, 0.4) is 0 Å². The fraction of sp³-hybridized carbons (Fsp3) is 0.619. The Hall–Kier alpha value is -1.92. The van der Waals surface area contributed by atoms with Gasteiger partial charge in [0.05, 0.1) is 19.2 Å². The maximum absolute atomic E-state index is 12.6. The highest BCUT2D eigenvalue weighted by Gasteiger charge is 2.26. The van der Waals surface area contributed by atoms with Crippen molar-refractivity contribution >= 4 is 11.9 Å². The Morgan fingerprint density at radius 1 is 1.00 bits per heavy atom. The van der Waals surface area contributed by atoms with E-state index in [0.29, 0.717) is 18.2 Å². The summed E-state index contributed by atoms with van der Waals surface area (Å²) in [6, 6.07) is 7.99. The number of carbonyl (C=O) groups is 2. The van der Waals surface area contributed by atoms with E-state index in [4.69, 9.17) is 4.74 Å². The molecule has 2 aliphatic heterocycles. The molecule has 0 aliphatic carbocycles. The van der Waals surface area contributed by atoms with Crippen molar-refractivity contribution in [2.75, 3.05) is 46.4 Å². The first kappa shape index (κ1) is 19.8. The number of hydrogen-bond acceptors (Lipinski definition) is 5. The van der Waals surface area contributed by atoms with Gasteiger partial charge in [-0.1, -0.05) is 12.1 Å². The second kappa shape index (κ2) is 9.33. The largest absolute Gasteiger partial charge is 0.465 e. The Balaban J connectivity index is 1.43. The summed E-state index contributed by atoms with van der Waals surface area (Å²) in [7, 11) is 1.40. The number of amides is 1. The van der Waals surface area contributed by atoms with E-state index in [9.17, 15) is 9.59 Å². The van der Waals surface area contributed by atoms with Crippen LogP contribution in [0.4, 0.5) is 0 Å². The summed E-state index contributed by atoms with van der Waals surface area (Å²) < 4.78 is 4.73. The third-order valence-electron chi connectivity index (χ3n) is 5.73. The van der Waals surface area contributed by atoms with Gasteiger partial charge < -0.3 is 9.64 Å². The first-order chi connectivity index (χ1) is 13.1. The zero-order valence-corrected chi connectivity index (χ0v) is 16.5. The lowest BCUT2D eigenvalue weighted by atomic mass is 10.0. The molecule has 6 nitrogen and oxygen atoms in total. The van der Waals surface area contributed by atoms with Gasteiger partial charge in [0, 0.05) is 45.3 Å². The fourth-order valence-electron chi connectivity index (χ4n) is 3.98. The number of piperidine rings is 1. The molecule has 1 aromatic rings. The Morgan fingerprint density at radius 3 is 2.30 bits per heavy atom. The molecule has 0 N–H and O–H groups in total. The molecule has 0 radical (unpaired) electrons. The lowest BCUT2D eigenvalue weighted by Gasteiger charge is -2.38. The summed E-state index contributed by atoms with van der Waals surface area (Å²) in [5.74, 6) is -0.0168. The highest BCUT2D eigenvalue weighted by Crippen LogP contribution is 2.17. The Bertz CT molecular complexity index is 639. The van der Waals surface area contributed by atoms with E-state index < -0.39 is 0 Å². The standard InChI is InChI=1S/C21H31N3O3/c1-17-5-3-4-10-24(17)20(25)16-23-13-11-22(12-14-23)15-18-6-8-19(9-7-18)21(26)27-2/h6-9,17H,3-5,10-16H2,1-2H3. The summed E-state index contributed by atoms with van der Waals surface area (Å²) in [6.07, 6.45) is 3.51. The molecule has 0 saturated carbocycles. The summed E-state index contributed by atoms with van der Waals surface area (Å²) >= 11 is 0. The van der Waals surface area contributed by atoms with Crippen LogP contribution in [0.15, 0.2) is 24.3 Å². The van der Waals surface area contributed by atoms with Gasteiger partial charge in [-0.3, -0.25) is 14.6 Å². The van der Waals surface area contributed by atoms with Crippen LogP contribution in [0, 0.1) is 0 Å². The van der Waals surface area contributed by atoms with E-state index in [-0.39, 0.29) is 11.9 Å². The van der Waals surface area contributed by atoms with Crippen molar-refractivity contribution in [3.8, 4) is 0 Å². The third kappa shape index (κ3) is 5.30. The maximum atomic E-state index is 12.6. The van der Waals surface area contributed by atoms with Crippen molar-refractivity contribution in [3.63, 3.8) is 0 Å². The van der Waals surface area contributed by atoms with Gasteiger partial charge in [-0.15, -0.1) is 0 Å². The average molecular weight is 373 g/mol. The van der Waals surface area contributed by atoms with E-state index in [1.54, 1.807) is 0 Å². The van der Waals surface area contributed by atoms with Gasteiger partial charge in [0.1, 0.15) is 0 Å². The molecule has 0 aromatic heterocycles. The molecule has 2 heterocycles. The lowest BCUT2D eigenvalue weighted by Crippen LogP contribution is -2.51. The molecule has 27 heavy (non-hydrogen) atoms. The molecule has 1 amide bonds. The number of methoxy groups -OCH3 is 1. The number of hydrogen-bond donors (Lipinski definition) is 0. The minimum absolute atomic E-state index is 0.286. The van der Waals surface area contributed by atoms with Gasteiger partial charge in [-0.2, -0.15) is 0 Å². The third-order valence-corrected chi connectivity index (χ3v) is 5.73. The molecule has 1 aromatic carbocycles. The number of nitrogens with zero attached hydrogens (tertiary/aromatic N) is 3. The average Bonchev–Trinajstić information content (AvgIpc) is 2.69. The first-order valence-electron chi connectivity index (χ1n) is 9.98. The normalized spacial score (nSPS) is 21.9. The summed E-state index contributed by atoms with van der Waals surface area (Å²) in [4.78, 5) is 30.8. The van der Waals surface area contributed by atoms with Gasteiger partial charge in [0.2, 0.25) is 5.91 Å². The predicted octanol–water partition coefficient (Wildman–Crippen LogP) is 1.99. The number of carbonyl (C=O) groups excluding carboxylic acids is 2. The highest BCUT2D eigenvalue weighted by atomic mass is 16.5. The maximum Gasteiger partial charge on any atom is 0.337 e. The zero-order valence-electron chi connectivity index (χ0n) is 16.5. The van der Waals surface area contributed by atoms with Gasteiger partial charge in [0.15, 0.2) is 0 Å². The smallest absolute Gasteiger partial charge is 0.337 e. The number of ether oxygens (including phenoxy) is 1. The van der Waals surface area contributed by atoms with E-state index in [1.165, 1.54) is 19.1 Å². The molecule has 2 aliphatic rings. The summed E-state index contributed by atoms with van der Waals surface area (Å²) in [6.45, 7) is 8.27. The van der Waals surface area contributed by atoms with Crippen LogP contribution in [0.1, 0.15) is 42.1 Å². The molecule has 3 rings (SSSR count). The minimum atomic E-state index is -0.303. The van der Waals surface area contributed by atoms with Crippen LogP contribution < -0.4 is 0 Å². The molecular formula is C21H31N3O3. The number of likely N-dealkylation sites (tertiary alicyclic amines) is 1. The number of piperazine rings is 1. The van der Waals surface area contributed by atoms with Crippen molar-refractivity contribution < 1.29 is 14.3 Å². The van der Waals surface area contributed by atoms with Crippen molar-refractivity contribution in [3.05, 3.63) is 35.4 Å². The molecule has 2 fully saturated rings. The van der Waals surface area contributed by atoms with E-state index >= 15 is 0 Å². The molecule has 2 saturated heterocycles. The Labute approximate surface area is 162 Å². The van der Waals surface area contributed by atoms with Crippen LogP contribution >= 0.6 is 0 Å². The van der Waals surface area contributed by atoms with Crippen molar-refractivity contribution in [1.29, 1.82) is 0 Å². The van der Waals surface area contributed by atoms with Gasteiger partial charge >= 0.3 is 5.97 Å². The Kier molecular flexibility index (Phi) is 6.85. The molecule has 1 atom stereocenters. The molecule has 0 spiro atoms. The second-order valence-corrected chi connectivity index (χ2v) is 7.67. The van der Waals surface area contributed by atoms with Crippen molar-refractivity contribution in [1.82, 2.24) is 14.7 Å². The number of benzene rings is 1. The first-order valence-corrected chi connectivity index (χ1v) is 9.98. The van der Waals surface area contributed by atoms with Crippen molar-refractivity contribution in [2.45, 2.75) is 38.8 Å². The second-order valence-electron chi connectivity index (χ2n) is 7.67. The molecular weight excluding hydrogens is 342 g/mol. The van der Waals surface area contributed by atoms with E-state index in [1.807, 2.05) is 24.3 Å². The highest BCUT2D eigenvalue weighted by molar-refractivity contribution is 5.89. The van der Waals surface area contributed by atoms with Crippen LogP contribution in [-0.2, 0) is 16.1 Å². The lowest BCUT2D eigenvalue weighted by molar-refractivity contribution is -0.136. The van der Waals surface area contributed by atoms with Crippen LogP contribution in [0.2, 0.25) is 0 Å². The quantitative estimate of drug-likeness (QED) is 0.739. The van der Waals surface area contributed by atoms with Gasteiger partial charge in [-0.25, -0.2) is 4.79 Å². The SMILES string of the molecule is COC(=O)c1ccc(CN2CCN(CC(=O)N3CCCCC3C)CC2)cc1. The summed E-state index contributed by atoms with van der Waals surface area (Å²) in [5.41, 5.74) is 1.77. The molecule has 6 heteroatoms. The molecule has 148 valence electrons. The van der Waals surface area contributed by atoms with Gasteiger partial charge in [-0.05, 0) is 43.9 Å². The molecule has 1 unspecified atom stereocenters. The fourth-order valence-corrected chi connectivity index (χ4v) is 3.98. The van der Waals surface area contributed by atoms with E-state index in [0.717, 1.165) is 52.1 Å². The van der Waals surface area contributed by atoms with Crippen LogP contribution in [0.5, 0.6) is 0 Å². The summed E-state index contributed by atoms with van der Waals surface area (Å²) in [5, 5.41) is 0. The van der Waals surface area contributed by atoms with E-state index in [2.05, 4.69) is 21.6 Å². The zero-order chi connectivity index (χ0) is 19.2.